The lowest BCUT2D eigenvalue weighted by atomic mass is 10.2. The molecule has 1 unspecified atom stereocenters. The van der Waals surface area contributed by atoms with Gasteiger partial charge in [0.05, 0.1) is 6.04 Å². The Morgan fingerprint density at radius 3 is 2.71 bits per heavy atom. The molecule has 0 spiro atoms. The van der Waals surface area contributed by atoms with Crippen LogP contribution in [0.2, 0.25) is 0 Å². The van der Waals surface area contributed by atoms with Gasteiger partial charge in [0.25, 0.3) is 0 Å². The molecular weight excluding hydrogens is 220 g/mol. The Hall–Kier alpha value is -1.75. The first-order valence-corrected chi connectivity index (χ1v) is 5.58. The van der Waals surface area contributed by atoms with Gasteiger partial charge in [-0.05, 0) is 26.1 Å². The molecule has 2 N–H and O–H groups in total. The molecule has 17 heavy (non-hydrogen) atoms. The van der Waals surface area contributed by atoms with E-state index in [1.54, 1.807) is 32.2 Å². The summed E-state index contributed by atoms with van der Waals surface area (Å²) in [6, 6.07) is 5.14. The summed E-state index contributed by atoms with van der Waals surface area (Å²) in [4.78, 5) is 11.7. The van der Waals surface area contributed by atoms with Crippen molar-refractivity contribution in [1.29, 1.82) is 0 Å². The second-order valence-corrected chi connectivity index (χ2v) is 3.86. The van der Waals surface area contributed by atoms with Crippen LogP contribution >= 0.6 is 0 Å². The van der Waals surface area contributed by atoms with Crippen molar-refractivity contribution < 1.29 is 14.3 Å². The fourth-order valence-electron chi connectivity index (χ4n) is 1.50. The predicted molar refractivity (Wildman–Crippen MR) is 64.6 cm³/mol. The van der Waals surface area contributed by atoms with E-state index in [1.165, 1.54) is 0 Å². The standard InChI is InChI=1S/C12H16N2O3/c1-8(13-2)12(15)14-9-3-4-10-11(7-9)17-6-5-16-10/h3-4,7-8,13H,5-6H2,1-2H3,(H,14,15). The van der Waals surface area contributed by atoms with E-state index < -0.39 is 0 Å². The van der Waals surface area contributed by atoms with E-state index >= 15 is 0 Å². The largest absolute Gasteiger partial charge is 0.486 e. The van der Waals surface area contributed by atoms with Crippen LogP contribution in [0.15, 0.2) is 18.2 Å². The van der Waals surface area contributed by atoms with Gasteiger partial charge in [-0.15, -0.1) is 0 Å². The molecule has 0 aliphatic carbocycles. The van der Waals surface area contributed by atoms with Gasteiger partial charge in [0.2, 0.25) is 5.91 Å². The second kappa shape index (κ2) is 5.05. The minimum Gasteiger partial charge on any atom is -0.486 e. The Kier molecular flexibility index (Phi) is 3.49. The highest BCUT2D eigenvalue weighted by Gasteiger charge is 2.14. The molecule has 0 bridgehead atoms. The van der Waals surface area contributed by atoms with Crippen LogP contribution in [0.3, 0.4) is 0 Å². The lowest BCUT2D eigenvalue weighted by molar-refractivity contribution is -0.117. The predicted octanol–water partition coefficient (Wildman–Crippen LogP) is 1.00. The molecule has 1 amide bonds. The number of likely N-dealkylation sites (N-methyl/N-ethyl adjacent to an activating group) is 1. The van der Waals surface area contributed by atoms with Gasteiger partial charge < -0.3 is 20.1 Å². The maximum Gasteiger partial charge on any atom is 0.241 e. The van der Waals surface area contributed by atoms with Crippen LogP contribution in [-0.2, 0) is 4.79 Å². The quantitative estimate of drug-likeness (QED) is 0.822. The van der Waals surface area contributed by atoms with Gasteiger partial charge in [-0.25, -0.2) is 0 Å². The van der Waals surface area contributed by atoms with Crippen molar-refractivity contribution in [3.05, 3.63) is 18.2 Å². The number of carbonyl (C=O) groups excluding carboxylic acids is 1. The summed E-state index contributed by atoms with van der Waals surface area (Å²) in [6.07, 6.45) is 0. The van der Waals surface area contributed by atoms with Crippen molar-refractivity contribution in [3.63, 3.8) is 0 Å². The molecule has 0 saturated carbocycles. The monoisotopic (exact) mass is 236 g/mol. The van der Waals surface area contributed by atoms with Crippen LogP contribution in [-0.4, -0.2) is 32.2 Å². The van der Waals surface area contributed by atoms with E-state index in [2.05, 4.69) is 10.6 Å². The van der Waals surface area contributed by atoms with E-state index in [4.69, 9.17) is 9.47 Å². The van der Waals surface area contributed by atoms with Crippen LogP contribution in [0.5, 0.6) is 11.5 Å². The Labute approximate surface area is 100 Å². The average molecular weight is 236 g/mol. The number of rotatable bonds is 3. The van der Waals surface area contributed by atoms with E-state index in [9.17, 15) is 4.79 Å². The molecule has 5 nitrogen and oxygen atoms in total. The molecule has 5 heteroatoms. The molecule has 1 atom stereocenters. The lowest BCUT2D eigenvalue weighted by Gasteiger charge is -2.19. The average Bonchev–Trinajstić information content (AvgIpc) is 2.37. The second-order valence-electron chi connectivity index (χ2n) is 3.86. The molecule has 1 aliphatic heterocycles. The third-order valence-corrected chi connectivity index (χ3v) is 2.64. The number of hydrogen-bond donors (Lipinski definition) is 2. The van der Waals surface area contributed by atoms with Gasteiger partial charge in [0, 0.05) is 11.8 Å². The number of hydrogen-bond acceptors (Lipinski definition) is 4. The van der Waals surface area contributed by atoms with Crippen molar-refractivity contribution in [2.75, 3.05) is 25.6 Å². The molecule has 1 aromatic carbocycles. The van der Waals surface area contributed by atoms with Gasteiger partial charge in [-0.3, -0.25) is 4.79 Å². The first-order valence-electron chi connectivity index (χ1n) is 5.58. The zero-order valence-electron chi connectivity index (χ0n) is 9.95. The number of ether oxygens (including phenoxy) is 2. The van der Waals surface area contributed by atoms with E-state index in [-0.39, 0.29) is 11.9 Å². The SMILES string of the molecule is CNC(C)C(=O)Nc1ccc2c(c1)OCCO2. The normalized spacial score (nSPS) is 15.2. The van der Waals surface area contributed by atoms with Crippen molar-refractivity contribution in [1.82, 2.24) is 5.32 Å². The smallest absolute Gasteiger partial charge is 0.241 e. The minimum atomic E-state index is -0.233. The van der Waals surface area contributed by atoms with Gasteiger partial charge in [0.1, 0.15) is 13.2 Å². The van der Waals surface area contributed by atoms with Crippen LogP contribution in [0.4, 0.5) is 5.69 Å². The van der Waals surface area contributed by atoms with E-state index in [1.807, 2.05) is 0 Å². The highest BCUT2D eigenvalue weighted by molar-refractivity contribution is 5.94. The van der Waals surface area contributed by atoms with Gasteiger partial charge in [-0.1, -0.05) is 0 Å². The fraction of sp³-hybridized carbons (Fsp3) is 0.417. The summed E-state index contributed by atoms with van der Waals surface area (Å²) >= 11 is 0. The first-order chi connectivity index (χ1) is 8.20. The Balaban J connectivity index is 2.09. The fourth-order valence-corrected chi connectivity index (χ4v) is 1.50. The Morgan fingerprint density at radius 2 is 2.00 bits per heavy atom. The molecule has 0 radical (unpaired) electrons. The summed E-state index contributed by atoms with van der Waals surface area (Å²) < 4.78 is 10.8. The summed E-state index contributed by atoms with van der Waals surface area (Å²) in [6.45, 7) is 2.90. The molecule has 1 heterocycles. The molecule has 92 valence electrons. The maximum atomic E-state index is 11.7. The van der Waals surface area contributed by atoms with Crippen molar-refractivity contribution in [2.24, 2.45) is 0 Å². The first kappa shape index (κ1) is 11.7. The van der Waals surface area contributed by atoms with Crippen molar-refractivity contribution in [2.45, 2.75) is 13.0 Å². The molecule has 1 aliphatic rings. The van der Waals surface area contributed by atoms with Gasteiger partial charge >= 0.3 is 0 Å². The number of fused-ring (bicyclic) bond motifs is 1. The number of nitrogens with one attached hydrogen (secondary N) is 2. The third kappa shape index (κ3) is 2.68. The van der Waals surface area contributed by atoms with E-state index in [0.717, 1.165) is 5.75 Å². The molecular formula is C12H16N2O3. The number of anilines is 1. The number of carbonyl (C=O) groups is 1. The lowest BCUT2D eigenvalue weighted by Crippen LogP contribution is -2.35. The van der Waals surface area contributed by atoms with Crippen molar-refractivity contribution >= 4 is 11.6 Å². The minimum absolute atomic E-state index is 0.0795. The zero-order valence-corrected chi connectivity index (χ0v) is 9.95. The summed E-state index contributed by atoms with van der Waals surface area (Å²) in [5.74, 6) is 1.31. The Bertz CT molecular complexity index is 420. The molecule has 0 aromatic heterocycles. The van der Waals surface area contributed by atoms with Gasteiger partial charge in [0.15, 0.2) is 11.5 Å². The molecule has 0 fully saturated rings. The molecule has 1 aromatic rings. The third-order valence-electron chi connectivity index (χ3n) is 2.64. The van der Waals surface area contributed by atoms with Crippen LogP contribution in [0.25, 0.3) is 0 Å². The number of benzene rings is 1. The Morgan fingerprint density at radius 1 is 1.29 bits per heavy atom. The summed E-state index contributed by atoms with van der Waals surface area (Å²) in [7, 11) is 1.74. The summed E-state index contributed by atoms with van der Waals surface area (Å²) in [5, 5.41) is 5.69. The summed E-state index contributed by atoms with van der Waals surface area (Å²) in [5.41, 5.74) is 0.710. The maximum absolute atomic E-state index is 11.7. The van der Waals surface area contributed by atoms with Crippen LogP contribution < -0.4 is 20.1 Å². The highest BCUT2D eigenvalue weighted by Crippen LogP contribution is 2.32. The van der Waals surface area contributed by atoms with Crippen LogP contribution in [0, 0.1) is 0 Å². The molecule has 2 rings (SSSR count). The van der Waals surface area contributed by atoms with E-state index in [0.29, 0.717) is 24.7 Å². The van der Waals surface area contributed by atoms with Crippen LogP contribution in [0.1, 0.15) is 6.92 Å². The van der Waals surface area contributed by atoms with Gasteiger partial charge in [-0.2, -0.15) is 0 Å². The van der Waals surface area contributed by atoms with Crippen molar-refractivity contribution in [3.8, 4) is 11.5 Å². The zero-order chi connectivity index (χ0) is 12.3. The molecule has 0 saturated heterocycles. The highest BCUT2D eigenvalue weighted by atomic mass is 16.6. The topological polar surface area (TPSA) is 59.6 Å². The number of amides is 1.